The van der Waals surface area contributed by atoms with E-state index >= 15 is 0 Å². The summed E-state index contributed by atoms with van der Waals surface area (Å²) < 4.78 is 12.9. The zero-order valence-electron chi connectivity index (χ0n) is 15.2. The molecule has 6 heteroatoms. The monoisotopic (exact) mass is 343 g/mol. The Morgan fingerprint density at radius 2 is 1.92 bits per heavy atom. The van der Waals surface area contributed by atoms with Crippen molar-refractivity contribution in [2.45, 2.75) is 33.7 Å². The summed E-state index contributed by atoms with van der Waals surface area (Å²) in [6.45, 7) is 8.98. The van der Waals surface area contributed by atoms with Gasteiger partial charge in [-0.3, -0.25) is 4.79 Å². The Bertz CT molecular complexity index is 735. The highest BCUT2D eigenvalue weighted by atomic mass is 16.5. The maximum Gasteiger partial charge on any atom is 0.249 e. The third-order valence-corrected chi connectivity index (χ3v) is 3.41. The molecule has 134 valence electrons. The van der Waals surface area contributed by atoms with Crippen LogP contribution < -0.4 is 14.8 Å². The van der Waals surface area contributed by atoms with Crippen LogP contribution in [0.25, 0.3) is 6.08 Å². The molecule has 0 aliphatic carbocycles. The highest BCUT2D eigenvalue weighted by Gasteiger charge is 2.08. The van der Waals surface area contributed by atoms with Crippen LogP contribution in [0.2, 0.25) is 0 Å². The number of anilines is 1. The number of hydrogen-bond donors (Lipinski definition) is 1. The van der Waals surface area contributed by atoms with Gasteiger partial charge in [0.15, 0.2) is 11.5 Å². The number of rotatable bonds is 8. The summed E-state index contributed by atoms with van der Waals surface area (Å²) in [5.41, 5.74) is 0.861. The largest absolute Gasteiger partial charge is 0.490 e. The van der Waals surface area contributed by atoms with E-state index in [0.29, 0.717) is 30.5 Å². The Balaban J connectivity index is 2.08. The number of carbonyl (C=O) groups is 1. The van der Waals surface area contributed by atoms with Gasteiger partial charge in [-0.25, -0.2) is 4.68 Å². The molecule has 0 unspecified atom stereocenters. The number of hydrogen-bond acceptors (Lipinski definition) is 4. The molecule has 1 amide bonds. The van der Waals surface area contributed by atoms with Gasteiger partial charge in [-0.2, -0.15) is 5.10 Å². The SMILES string of the molecule is CCOc1ccc(C=CC(=O)Nc2ccnn2C(C)C)cc1OCC. The Morgan fingerprint density at radius 1 is 1.20 bits per heavy atom. The first-order valence-corrected chi connectivity index (χ1v) is 8.47. The van der Waals surface area contributed by atoms with Crippen molar-refractivity contribution in [3.63, 3.8) is 0 Å². The standard InChI is InChI=1S/C19H25N3O3/c1-5-24-16-9-7-15(13-17(16)25-6-2)8-10-19(23)21-18-11-12-20-22(18)14(3)4/h7-14H,5-6H2,1-4H3,(H,21,23). The quantitative estimate of drug-likeness (QED) is 0.738. The van der Waals surface area contributed by atoms with Crippen molar-refractivity contribution >= 4 is 17.8 Å². The number of carbonyl (C=O) groups excluding carboxylic acids is 1. The van der Waals surface area contributed by atoms with Crippen LogP contribution in [-0.4, -0.2) is 28.9 Å². The third-order valence-electron chi connectivity index (χ3n) is 3.41. The van der Waals surface area contributed by atoms with Gasteiger partial charge in [0.2, 0.25) is 5.91 Å². The van der Waals surface area contributed by atoms with Gasteiger partial charge in [-0.05, 0) is 51.5 Å². The highest BCUT2D eigenvalue weighted by Crippen LogP contribution is 2.29. The zero-order chi connectivity index (χ0) is 18.2. The lowest BCUT2D eigenvalue weighted by molar-refractivity contribution is -0.111. The molecular formula is C19H25N3O3. The molecule has 2 rings (SSSR count). The topological polar surface area (TPSA) is 65.4 Å². The second-order valence-corrected chi connectivity index (χ2v) is 5.65. The summed E-state index contributed by atoms with van der Waals surface area (Å²) in [4.78, 5) is 12.1. The van der Waals surface area contributed by atoms with Crippen molar-refractivity contribution in [1.29, 1.82) is 0 Å². The van der Waals surface area contributed by atoms with Crippen molar-refractivity contribution in [2.24, 2.45) is 0 Å². The molecule has 0 spiro atoms. The summed E-state index contributed by atoms with van der Waals surface area (Å²) in [6.07, 6.45) is 4.90. The number of aromatic nitrogens is 2. The van der Waals surface area contributed by atoms with Gasteiger partial charge in [-0.1, -0.05) is 6.07 Å². The minimum absolute atomic E-state index is 0.175. The summed E-state index contributed by atoms with van der Waals surface area (Å²) in [5, 5.41) is 7.03. The van der Waals surface area contributed by atoms with Crippen LogP contribution in [0.5, 0.6) is 11.5 Å². The number of benzene rings is 1. The minimum atomic E-state index is -0.214. The van der Waals surface area contributed by atoms with E-state index in [-0.39, 0.29) is 11.9 Å². The Morgan fingerprint density at radius 3 is 2.60 bits per heavy atom. The molecule has 1 aromatic carbocycles. The molecule has 0 saturated carbocycles. The molecule has 0 aliphatic rings. The van der Waals surface area contributed by atoms with Crippen molar-refractivity contribution in [3.05, 3.63) is 42.1 Å². The summed E-state index contributed by atoms with van der Waals surface area (Å²) in [6, 6.07) is 7.54. The van der Waals surface area contributed by atoms with E-state index in [1.54, 1.807) is 23.0 Å². The molecule has 0 atom stereocenters. The lowest BCUT2D eigenvalue weighted by atomic mass is 10.2. The van der Waals surface area contributed by atoms with Crippen molar-refractivity contribution in [1.82, 2.24) is 9.78 Å². The second-order valence-electron chi connectivity index (χ2n) is 5.65. The van der Waals surface area contributed by atoms with Crippen LogP contribution in [0.1, 0.15) is 39.3 Å². The van der Waals surface area contributed by atoms with Gasteiger partial charge in [0.1, 0.15) is 5.82 Å². The van der Waals surface area contributed by atoms with Crippen LogP contribution in [0.15, 0.2) is 36.5 Å². The number of amides is 1. The third kappa shape index (κ3) is 5.11. The van der Waals surface area contributed by atoms with E-state index < -0.39 is 0 Å². The van der Waals surface area contributed by atoms with E-state index in [1.165, 1.54) is 6.08 Å². The Kier molecular flexibility index (Phi) is 6.62. The van der Waals surface area contributed by atoms with Gasteiger partial charge < -0.3 is 14.8 Å². The molecule has 2 aromatic rings. The van der Waals surface area contributed by atoms with Crippen LogP contribution >= 0.6 is 0 Å². The van der Waals surface area contributed by atoms with Gasteiger partial charge in [0, 0.05) is 18.2 Å². The van der Waals surface area contributed by atoms with E-state index in [9.17, 15) is 4.79 Å². The molecular weight excluding hydrogens is 318 g/mol. The molecule has 1 N–H and O–H groups in total. The number of nitrogens with one attached hydrogen (secondary N) is 1. The van der Waals surface area contributed by atoms with Gasteiger partial charge in [-0.15, -0.1) is 0 Å². The van der Waals surface area contributed by atoms with E-state index in [1.807, 2.05) is 45.9 Å². The lowest BCUT2D eigenvalue weighted by Crippen LogP contribution is -2.14. The molecule has 0 bridgehead atoms. The highest BCUT2D eigenvalue weighted by molar-refractivity contribution is 6.01. The first-order chi connectivity index (χ1) is 12.0. The Hall–Kier alpha value is -2.76. The van der Waals surface area contributed by atoms with Crippen LogP contribution in [-0.2, 0) is 4.79 Å². The van der Waals surface area contributed by atoms with Crippen molar-refractivity contribution in [3.8, 4) is 11.5 Å². The fraction of sp³-hybridized carbons (Fsp3) is 0.368. The average Bonchev–Trinajstić information content (AvgIpc) is 3.04. The first kappa shape index (κ1) is 18.6. The molecule has 0 aliphatic heterocycles. The van der Waals surface area contributed by atoms with Gasteiger partial charge in [0.05, 0.1) is 19.4 Å². The molecule has 1 aromatic heterocycles. The fourth-order valence-electron chi connectivity index (χ4n) is 2.34. The predicted octanol–water partition coefficient (Wildman–Crippen LogP) is 3.91. The smallest absolute Gasteiger partial charge is 0.249 e. The maximum absolute atomic E-state index is 12.1. The van der Waals surface area contributed by atoms with Crippen LogP contribution in [0.4, 0.5) is 5.82 Å². The molecule has 0 fully saturated rings. The number of nitrogens with zero attached hydrogens (tertiary/aromatic N) is 2. The summed E-state index contributed by atoms with van der Waals surface area (Å²) >= 11 is 0. The minimum Gasteiger partial charge on any atom is -0.490 e. The van der Waals surface area contributed by atoms with E-state index in [2.05, 4.69) is 10.4 Å². The summed E-state index contributed by atoms with van der Waals surface area (Å²) in [7, 11) is 0. The Labute approximate surface area is 148 Å². The maximum atomic E-state index is 12.1. The predicted molar refractivity (Wildman–Crippen MR) is 99.1 cm³/mol. The molecule has 25 heavy (non-hydrogen) atoms. The molecule has 0 saturated heterocycles. The first-order valence-electron chi connectivity index (χ1n) is 8.47. The molecule has 0 radical (unpaired) electrons. The van der Waals surface area contributed by atoms with Crippen molar-refractivity contribution in [2.75, 3.05) is 18.5 Å². The van der Waals surface area contributed by atoms with E-state index in [0.717, 1.165) is 5.56 Å². The fourth-order valence-corrected chi connectivity index (χ4v) is 2.34. The normalized spacial score (nSPS) is 11.1. The van der Waals surface area contributed by atoms with E-state index in [4.69, 9.17) is 9.47 Å². The van der Waals surface area contributed by atoms with Crippen molar-refractivity contribution < 1.29 is 14.3 Å². The summed E-state index contributed by atoms with van der Waals surface area (Å²) in [5.74, 6) is 1.83. The van der Waals surface area contributed by atoms with Crippen LogP contribution in [0.3, 0.4) is 0 Å². The van der Waals surface area contributed by atoms with Gasteiger partial charge in [0.25, 0.3) is 0 Å². The van der Waals surface area contributed by atoms with Crippen LogP contribution in [0, 0.1) is 0 Å². The average molecular weight is 343 g/mol. The van der Waals surface area contributed by atoms with Gasteiger partial charge >= 0.3 is 0 Å². The second kappa shape index (κ2) is 8.92. The molecule has 6 nitrogen and oxygen atoms in total. The molecule has 1 heterocycles. The number of ether oxygens (including phenoxy) is 2. The lowest BCUT2D eigenvalue weighted by Gasteiger charge is -2.11. The zero-order valence-corrected chi connectivity index (χ0v) is 15.2.